The fourth-order valence-electron chi connectivity index (χ4n) is 3.43. The maximum Gasteiger partial charge on any atom is 0.228 e. The standard InChI is InChI=1S/C17H19ClN2O3/c18-13-1-2-15-14(9-13)19-16(23-15)11-3-6-20(7-4-11)17(21)12-5-8-22-10-12/h1-2,9,11-12H,3-8,10H2/t12-/m1/s1. The lowest BCUT2D eigenvalue weighted by molar-refractivity contribution is -0.136. The van der Waals surface area contributed by atoms with E-state index in [4.69, 9.17) is 20.8 Å². The molecule has 5 nitrogen and oxygen atoms in total. The zero-order valence-corrected chi connectivity index (χ0v) is 13.6. The van der Waals surface area contributed by atoms with E-state index in [-0.39, 0.29) is 17.7 Å². The van der Waals surface area contributed by atoms with E-state index in [1.807, 2.05) is 23.1 Å². The highest BCUT2D eigenvalue weighted by molar-refractivity contribution is 6.31. The molecule has 2 fully saturated rings. The van der Waals surface area contributed by atoms with Crippen molar-refractivity contribution in [3.63, 3.8) is 0 Å². The smallest absolute Gasteiger partial charge is 0.228 e. The lowest BCUT2D eigenvalue weighted by Crippen LogP contribution is -2.41. The first-order chi connectivity index (χ1) is 11.2. The average Bonchev–Trinajstić information content (AvgIpc) is 3.23. The highest BCUT2D eigenvalue weighted by Crippen LogP contribution is 2.31. The number of ether oxygens (including phenoxy) is 1. The van der Waals surface area contributed by atoms with Crippen LogP contribution >= 0.6 is 11.6 Å². The molecule has 1 aromatic carbocycles. The fourth-order valence-corrected chi connectivity index (χ4v) is 3.59. The Balaban J connectivity index is 1.43. The molecule has 4 rings (SSSR count). The number of oxazole rings is 1. The summed E-state index contributed by atoms with van der Waals surface area (Å²) in [5.74, 6) is 1.33. The second-order valence-electron chi connectivity index (χ2n) is 6.32. The van der Waals surface area contributed by atoms with Crippen LogP contribution in [0.4, 0.5) is 0 Å². The molecule has 23 heavy (non-hydrogen) atoms. The summed E-state index contributed by atoms with van der Waals surface area (Å²) >= 11 is 5.99. The van der Waals surface area contributed by atoms with Crippen LogP contribution in [-0.4, -0.2) is 42.1 Å². The summed E-state index contributed by atoms with van der Waals surface area (Å²) in [6, 6.07) is 5.49. The van der Waals surface area contributed by atoms with E-state index >= 15 is 0 Å². The van der Waals surface area contributed by atoms with Gasteiger partial charge in [-0.1, -0.05) is 11.6 Å². The van der Waals surface area contributed by atoms with Gasteiger partial charge in [-0.15, -0.1) is 0 Å². The molecule has 3 heterocycles. The van der Waals surface area contributed by atoms with Crippen molar-refractivity contribution >= 4 is 28.6 Å². The van der Waals surface area contributed by atoms with Gasteiger partial charge >= 0.3 is 0 Å². The molecule has 0 radical (unpaired) electrons. The summed E-state index contributed by atoms with van der Waals surface area (Å²) in [5.41, 5.74) is 1.57. The van der Waals surface area contributed by atoms with Crippen molar-refractivity contribution in [2.24, 2.45) is 5.92 Å². The largest absolute Gasteiger partial charge is 0.440 e. The van der Waals surface area contributed by atoms with Gasteiger partial charge in [-0.05, 0) is 37.5 Å². The summed E-state index contributed by atoms with van der Waals surface area (Å²) < 4.78 is 11.2. The van der Waals surface area contributed by atoms with Crippen molar-refractivity contribution in [3.8, 4) is 0 Å². The van der Waals surface area contributed by atoms with Crippen molar-refractivity contribution in [1.29, 1.82) is 0 Å². The number of halogens is 1. The summed E-state index contributed by atoms with van der Waals surface area (Å²) in [5, 5.41) is 0.663. The number of carbonyl (C=O) groups is 1. The van der Waals surface area contributed by atoms with E-state index in [0.717, 1.165) is 49.3 Å². The van der Waals surface area contributed by atoms with Gasteiger partial charge in [0.2, 0.25) is 5.91 Å². The van der Waals surface area contributed by atoms with Crippen LogP contribution in [-0.2, 0) is 9.53 Å². The Morgan fingerprint density at radius 1 is 1.26 bits per heavy atom. The number of nitrogens with zero attached hydrogens (tertiary/aromatic N) is 2. The maximum atomic E-state index is 12.4. The van der Waals surface area contributed by atoms with Crippen LogP contribution in [0.25, 0.3) is 11.1 Å². The molecule has 0 bridgehead atoms. The van der Waals surface area contributed by atoms with E-state index in [1.165, 1.54) is 0 Å². The predicted molar refractivity (Wildman–Crippen MR) is 86.5 cm³/mol. The van der Waals surface area contributed by atoms with Gasteiger partial charge in [0.15, 0.2) is 11.5 Å². The molecule has 0 saturated carbocycles. The van der Waals surface area contributed by atoms with E-state index < -0.39 is 0 Å². The van der Waals surface area contributed by atoms with Crippen LogP contribution in [0.15, 0.2) is 22.6 Å². The number of likely N-dealkylation sites (tertiary alicyclic amines) is 1. The predicted octanol–water partition coefficient (Wildman–Crippen LogP) is 3.22. The van der Waals surface area contributed by atoms with Gasteiger partial charge in [-0.25, -0.2) is 4.98 Å². The second kappa shape index (κ2) is 6.13. The lowest BCUT2D eigenvalue weighted by atomic mass is 9.95. The number of fused-ring (bicyclic) bond motifs is 1. The Morgan fingerprint density at radius 3 is 2.83 bits per heavy atom. The van der Waals surface area contributed by atoms with E-state index in [0.29, 0.717) is 18.2 Å². The number of amides is 1. The molecule has 1 atom stereocenters. The number of hydrogen-bond donors (Lipinski definition) is 0. The van der Waals surface area contributed by atoms with Gasteiger partial charge in [0.05, 0.1) is 12.5 Å². The molecule has 0 N–H and O–H groups in total. The zero-order chi connectivity index (χ0) is 15.8. The number of hydrogen-bond acceptors (Lipinski definition) is 4. The first-order valence-corrected chi connectivity index (χ1v) is 8.51. The van der Waals surface area contributed by atoms with Crippen LogP contribution in [0.1, 0.15) is 31.1 Å². The molecule has 6 heteroatoms. The van der Waals surface area contributed by atoms with Crippen LogP contribution < -0.4 is 0 Å². The SMILES string of the molecule is O=C([C@@H]1CCOC1)N1CCC(c2nc3cc(Cl)ccc3o2)CC1. The Morgan fingerprint density at radius 2 is 2.09 bits per heavy atom. The highest BCUT2D eigenvalue weighted by Gasteiger charge is 2.32. The Kier molecular flexibility index (Phi) is 3.99. The molecule has 1 amide bonds. The first-order valence-electron chi connectivity index (χ1n) is 8.13. The highest BCUT2D eigenvalue weighted by atomic mass is 35.5. The van der Waals surface area contributed by atoms with Crippen molar-refractivity contribution in [2.45, 2.75) is 25.2 Å². The monoisotopic (exact) mass is 334 g/mol. The molecule has 122 valence electrons. The third-order valence-electron chi connectivity index (χ3n) is 4.80. The number of aromatic nitrogens is 1. The molecule has 0 unspecified atom stereocenters. The topological polar surface area (TPSA) is 55.6 Å². The number of rotatable bonds is 2. The molecule has 2 aliphatic heterocycles. The quantitative estimate of drug-likeness (QED) is 0.846. The first kappa shape index (κ1) is 15.0. The zero-order valence-electron chi connectivity index (χ0n) is 12.8. The van der Waals surface area contributed by atoms with Gasteiger partial charge in [0, 0.05) is 30.6 Å². The van der Waals surface area contributed by atoms with Gasteiger partial charge in [0.25, 0.3) is 0 Å². The molecular formula is C17H19ClN2O3. The van der Waals surface area contributed by atoms with Gasteiger partial charge in [0.1, 0.15) is 5.52 Å². The number of carbonyl (C=O) groups excluding carboxylic acids is 1. The van der Waals surface area contributed by atoms with Crippen molar-refractivity contribution in [2.75, 3.05) is 26.3 Å². The third kappa shape index (κ3) is 2.95. The average molecular weight is 335 g/mol. The van der Waals surface area contributed by atoms with E-state index in [9.17, 15) is 4.79 Å². The molecule has 2 aliphatic rings. The van der Waals surface area contributed by atoms with E-state index in [2.05, 4.69) is 4.98 Å². The van der Waals surface area contributed by atoms with Gasteiger partial charge in [-0.3, -0.25) is 4.79 Å². The molecule has 1 aromatic heterocycles. The van der Waals surface area contributed by atoms with Crippen molar-refractivity contribution in [3.05, 3.63) is 29.1 Å². The summed E-state index contributed by atoms with van der Waals surface area (Å²) in [6.07, 6.45) is 2.63. The Labute approximate surface area is 139 Å². The van der Waals surface area contributed by atoms with Crippen molar-refractivity contribution in [1.82, 2.24) is 9.88 Å². The van der Waals surface area contributed by atoms with Crippen LogP contribution in [0, 0.1) is 5.92 Å². The minimum atomic E-state index is 0.0537. The fraction of sp³-hybridized carbons (Fsp3) is 0.529. The summed E-state index contributed by atoms with van der Waals surface area (Å²) in [6.45, 7) is 2.81. The minimum Gasteiger partial charge on any atom is -0.440 e. The number of benzene rings is 1. The maximum absolute atomic E-state index is 12.4. The van der Waals surface area contributed by atoms with E-state index in [1.54, 1.807) is 0 Å². The third-order valence-corrected chi connectivity index (χ3v) is 5.04. The molecule has 0 spiro atoms. The lowest BCUT2D eigenvalue weighted by Gasteiger charge is -2.32. The van der Waals surface area contributed by atoms with Gasteiger partial charge in [-0.2, -0.15) is 0 Å². The normalized spacial score (nSPS) is 22.8. The van der Waals surface area contributed by atoms with Crippen LogP contribution in [0.3, 0.4) is 0 Å². The molecule has 2 aromatic rings. The Bertz CT molecular complexity index is 716. The van der Waals surface area contributed by atoms with Crippen molar-refractivity contribution < 1.29 is 13.9 Å². The molecule has 0 aliphatic carbocycles. The number of piperidine rings is 1. The Hall–Kier alpha value is -1.59. The second-order valence-corrected chi connectivity index (χ2v) is 6.76. The molecule has 2 saturated heterocycles. The van der Waals surface area contributed by atoms with Crippen LogP contribution in [0.5, 0.6) is 0 Å². The van der Waals surface area contributed by atoms with Gasteiger partial charge < -0.3 is 14.1 Å². The summed E-state index contributed by atoms with van der Waals surface area (Å²) in [7, 11) is 0. The molecular weight excluding hydrogens is 316 g/mol. The summed E-state index contributed by atoms with van der Waals surface area (Å²) in [4.78, 5) is 19.0. The van der Waals surface area contributed by atoms with Crippen LogP contribution in [0.2, 0.25) is 5.02 Å². The minimum absolute atomic E-state index is 0.0537.